The molecule has 1 aliphatic rings. The van der Waals surface area contributed by atoms with Crippen molar-refractivity contribution in [3.8, 4) is 5.75 Å². The number of ether oxygens (including phenoxy) is 3. The fourth-order valence-corrected chi connectivity index (χ4v) is 4.32. The Hall–Kier alpha value is -3.10. The maximum atomic E-state index is 13.1. The monoisotopic (exact) mass is 512 g/mol. The SMILES string of the molecule is CCCCOCCN(CCOc1ccc(CC(OCC)C(=O)O)cc1)C(=O)Nc1ccc2c(c1)CCC2. The van der Waals surface area contributed by atoms with Crippen LogP contribution >= 0.6 is 0 Å². The van der Waals surface area contributed by atoms with Crippen LogP contribution in [0.4, 0.5) is 10.5 Å². The van der Waals surface area contributed by atoms with Crippen molar-refractivity contribution in [1.29, 1.82) is 0 Å². The quantitative estimate of drug-likeness (QED) is 0.309. The Morgan fingerprint density at radius 3 is 2.49 bits per heavy atom. The number of fused-ring (bicyclic) bond motifs is 1. The summed E-state index contributed by atoms with van der Waals surface area (Å²) in [4.78, 5) is 26.1. The third-order valence-corrected chi connectivity index (χ3v) is 6.40. The molecule has 0 aromatic heterocycles. The van der Waals surface area contributed by atoms with Crippen LogP contribution in [0.2, 0.25) is 0 Å². The summed E-state index contributed by atoms with van der Waals surface area (Å²) in [5.74, 6) is -0.315. The maximum Gasteiger partial charge on any atom is 0.333 e. The van der Waals surface area contributed by atoms with Gasteiger partial charge < -0.3 is 29.5 Å². The van der Waals surface area contributed by atoms with Crippen molar-refractivity contribution in [3.05, 3.63) is 59.2 Å². The van der Waals surface area contributed by atoms with Crippen LogP contribution in [0.1, 0.15) is 49.8 Å². The number of aryl methyl sites for hydroxylation is 2. The van der Waals surface area contributed by atoms with Gasteiger partial charge in [0.2, 0.25) is 0 Å². The van der Waals surface area contributed by atoms with Crippen LogP contribution in [0.25, 0.3) is 0 Å². The predicted molar refractivity (Wildman–Crippen MR) is 143 cm³/mol. The lowest BCUT2D eigenvalue weighted by Gasteiger charge is -2.23. The Bertz CT molecular complexity index is 994. The lowest BCUT2D eigenvalue weighted by Crippen LogP contribution is -2.40. The van der Waals surface area contributed by atoms with Gasteiger partial charge in [-0.2, -0.15) is 0 Å². The average molecular weight is 513 g/mol. The molecule has 0 radical (unpaired) electrons. The van der Waals surface area contributed by atoms with Crippen molar-refractivity contribution < 1.29 is 28.9 Å². The van der Waals surface area contributed by atoms with Crippen LogP contribution < -0.4 is 10.1 Å². The second-order valence-electron chi connectivity index (χ2n) is 9.20. The van der Waals surface area contributed by atoms with E-state index in [1.54, 1.807) is 11.8 Å². The molecule has 0 heterocycles. The molecular formula is C29H40N2O6. The summed E-state index contributed by atoms with van der Waals surface area (Å²) in [6.07, 6.45) is 4.82. The number of carboxylic acid groups (broad SMARTS) is 1. The number of nitrogens with one attached hydrogen (secondary N) is 1. The summed E-state index contributed by atoms with van der Waals surface area (Å²) in [7, 11) is 0. The minimum absolute atomic E-state index is 0.174. The summed E-state index contributed by atoms with van der Waals surface area (Å²) in [6, 6.07) is 13.3. The first-order valence-electron chi connectivity index (χ1n) is 13.3. The second-order valence-corrected chi connectivity index (χ2v) is 9.20. The van der Waals surface area contributed by atoms with Gasteiger partial charge in [-0.3, -0.25) is 0 Å². The van der Waals surface area contributed by atoms with Crippen molar-refractivity contribution in [2.75, 3.05) is 44.8 Å². The van der Waals surface area contributed by atoms with E-state index in [0.717, 1.165) is 36.9 Å². The van der Waals surface area contributed by atoms with Gasteiger partial charge in [0.05, 0.1) is 13.2 Å². The fraction of sp³-hybridized carbons (Fsp3) is 0.517. The van der Waals surface area contributed by atoms with Crippen LogP contribution in [0, 0.1) is 0 Å². The van der Waals surface area contributed by atoms with Gasteiger partial charge in [-0.1, -0.05) is 31.5 Å². The van der Waals surface area contributed by atoms with E-state index in [9.17, 15) is 14.7 Å². The van der Waals surface area contributed by atoms with Gasteiger partial charge in [-0.25, -0.2) is 9.59 Å². The molecule has 0 saturated carbocycles. The van der Waals surface area contributed by atoms with Gasteiger partial charge >= 0.3 is 12.0 Å². The molecule has 3 rings (SSSR count). The summed E-state index contributed by atoms with van der Waals surface area (Å²) >= 11 is 0. The number of carboxylic acids is 1. The van der Waals surface area contributed by atoms with Crippen LogP contribution in [0.3, 0.4) is 0 Å². The van der Waals surface area contributed by atoms with Crippen molar-refractivity contribution in [3.63, 3.8) is 0 Å². The third-order valence-electron chi connectivity index (χ3n) is 6.40. The molecule has 0 saturated heterocycles. The van der Waals surface area contributed by atoms with Gasteiger partial charge in [-0.05, 0) is 73.6 Å². The molecule has 8 heteroatoms. The summed E-state index contributed by atoms with van der Waals surface area (Å²) in [6.45, 7) is 6.59. The van der Waals surface area contributed by atoms with Gasteiger partial charge in [0.1, 0.15) is 12.4 Å². The molecule has 1 atom stereocenters. The van der Waals surface area contributed by atoms with E-state index in [-0.39, 0.29) is 12.5 Å². The number of unbranched alkanes of at least 4 members (excludes halogenated alkanes) is 1. The Balaban J connectivity index is 1.53. The first-order valence-corrected chi connectivity index (χ1v) is 13.3. The Morgan fingerprint density at radius 2 is 1.76 bits per heavy atom. The smallest absolute Gasteiger partial charge is 0.333 e. The van der Waals surface area contributed by atoms with Crippen molar-refractivity contribution in [2.45, 2.75) is 58.5 Å². The van der Waals surface area contributed by atoms with Gasteiger partial charge in [0.15, 0.2) is 6.10 Å². The van der Waals surface area contributed by atoms with E-state index in [2.05, 4.69) is 24.4 Å². The molecule has 1 aliphatic carbocycles. The van der Waals surface area contributed by atoms with Gasteiger partial charge in [0, 0.05) is 31.9 Å². The number of rotatable bonds is 16. The minimum Gasteiger partial charge on any atom is -0.492 e. The van der Waals surface area contributed by atoms with Crippen LogP contribution in [0.15, 0.2) is 42.5 Å². The number of hydrogen-bond donors (Lipinski definition) is 2. The number of amides is 2. The molecular weight excluding hydrogens is 472 g/mol. The number of urea groups is 1. The number of anilines is 1. The molecule has 2 aromatic carbocycles. The molecule has 0 aliphatic heterocycles. The van der Waals surface area contributed by atoms with Crippen molar-refractivity contribution in [1.82, 2.24) is 4.90 Å². The molecule has 37 heavy (non-hydrogen) atoms. The molecule has 0 spiro atoms. The van der Waals surface area contributed by atoms with E-state index in [1.165, 1.54) is 17.5 Å². The zero-order valence-electron chi connectivity index (χ0n) is 22.0. The molecule has 1 unspecified atom stereocenters. The number of carbonyl (C=O) groups is 2. The zero-order chi connectivity index (χ0) is 26.5. The van der Waals surface area contributed by atoms with Crippen LogP contribution in [-0.4, -0.2) is 67.6 Å². The molecule has 2 amide bonds. The number of aliphatic carboxylic acids is 1. The number of benzene rings is 2. The van der Waals surface area contributed by atoms with Gasteiger partial charge in [0.25, 0.3) is 0 Å². The van der Waals surface area contributed by atoms with E-state index in [4.69, 9.17) is 14.2 Å². The first-order chi connectivity index (χ1) is 18.0. The fourth-order valence-electron chi connectivity index (χ4n) is 4.32. The number of carbonyl (C=O) groups excluding carboxylic acids is 1. The van der Waals surface area contributed by atoms with Crippen molar-refractivity contribution in [2.24, 2.45) is 0 Å². The second kappa shape index (κ2) is 15.2. The molecule has 0 bridgehead atoms. The minimum atomic E-state index is -0.973. The highest BCUT2D eigenvalue weighted by Crippen LogP contribution is 2.25. The topological polar surface area (TPSA) is 97.3 Å². The Kier molecular flexibility index (Phi) is 11.7. The highest BCUT2D eigenvalue weighted by Gasteiger charge is 2.18. The van der Waals surface area contributed by atoms with E-state index in [0.29, 0.717) is 45.3 Å². The zero-order valence-corrected chi connectivity index (χ0v) is 22.0. The lowest BCUT2D eigenvalue weighted by atomic mass is 10.1. The largest absolute Gasteiger partial charge is 0.492 e. The van der Waals surface area contributed by atoms with Crippen LogP contribution in [-0.2, 0) is 33.5 Å². The van der Waals surface area contributed by atoms with Crippen molar-refractivity contribution >= 4 is 17.7 Å². The molecule has 202 valence electrons. The summed E-state index contributed by atoms with van der Waals surface area (Å²) < 4.78 is 16.9. The highest BCUT2D eigenvalue weighted by atomic mass is 16.5. The Morgan fingerprint density at radius 1 is 1.00 bits per heavy atom. The van der Waals surface area contributed by atoms with Crippen LogP contribution in [0.5, 0.6) is 5.75 Å². The molecule has 0 fully saturated rings. The molecule has 8 nitrogen and oxygen atoms in total. The lowest BCUT2D eigenvalue weighted by molar-refractivity contribution is -0.149. The number of nitrogens with zero attached hydrogens (tertiary/aromatic N) is 1. The first kappa shape index (κ1) is 28.5. The average Bonchev–Trinajstić information content (AvgIpc) is 3.36. The summed E-state index contributed by atoms with van der Waals surface area (Å²) in [5, 5.41) is 12.3. The predicted octanol–water partition coefficient (Wildman–Crippen LogP) is 4.94. The highest BCUT2D eigenvalue weighted by molar-refractivity contribution is 5.89. The summed E-state index contributed by atoms with van der Waals surface area (Å²) in [5.41, 5.74) is 4.35. The maximum absolute atomic E-state index is 13.1. The van der Waals surface area contributed by atoms with E-state index in [1.807, 2.05) is 30.3 Å². The van der Waals surface area contributed by atoms with Gasteiger partial charge in [-0.15, -0.1) is 0 Å². The molecule has 2 N–H and O–H groups in total. The van der Waals surface area contributed by atoms with E-state index < -0.39 is 12.1 Å². The normalized spacial score (nSPS) is 13.1. The molecule has 2 aromatic rings. The van der Waals surface area contributed by atoms with E-state index >= 15 is 0 Å². The standard InChI is InChI=1S/C29H40N2O6/c1-3-5-17-35-18-15-31(29(34)30-25-12-11-23-7-6-8-24(23)21-25)16-19-37-26-13-9-22(10-14-26)20-27(28(32)33)36-4-2/h9-14,21,27H,3-8,15-20H2,1-2H3,(H,30,34)(H,32,33). The number of hydrogen-bond acceptors (Lipinski definition) is 5. The third kappa shape index (κ3) is 9.37. The Labute approximate surface area is 219 Å².